The fraction of sp³-hybridized carbons (Fsp3) is 0.333. The summed E-state index contributed by atoms with van der Waals surface area (Å²) in [7, 11) is 1.33. The van der Waals surface area contributed by atoms with Gasteiger partial charge in [-0.05, 0) is 74.6 Å². The van der Waals surface area contributed by atoms with Crippen molar-refractivity contribution in [1.82, 2.24) is 20.2 Å². The van der Waals surface area contributed by atoms with Crippen LogP contribution in [0.2, 0.25) is 0 Å². The van der Waals surface area contributed by atoms with Crippen LogP contribution in [-0.2, 0) is 11.3 Å². The molecule has 9 nitrogen and oxygen atoms in total. The van der Waals surface area contributed by atoms with Crippen molar-refractivity contribution in [3.8, 4) is 5.75 Å². The highest BCUT2D eigenvalue weighted by Crippen LogP contribution is 2.31. The van der Waals surface area contributed by atoms with E-state index in [0.717, 1.165) is 18.9 Å². The van der Waals surface area contributed by atoms with E-state index in [1.165, 1.54) is 44.5 Å². The zero-order valence-electron chi connectivity index (χ0n) is 25.5. The normalized spacial score (nSPS) is 14.6. The Bertz CT molecular complexity index is 1630. The number of ether oxygens (including phenoxy) is 1. The first-order valence-electron chi connectivity index (χ1n) is 14.4. The van der Waals surface area contributed by atoms with Crippen molar-refractivity contribution in [3.05, 3.63) is 88.4 Å². The Labute approximate surface area is 255 Å². The van der Waals surface area contributed by atoms with Gasteiger partial charge in [0.2, 0.25) is 5.91 Å². The molecule has 1 aromatic heterocycles. The third-order valence-electron chi connectivity index (χ3n) is 7.48. The first kappa shape index (κ1) is 32.1. The van der Waals surface area contributed by atoms with Crippen LogP contribution >= 0.6 is 0 Å². The fourth-order valence-electron chi connectivity index (χ4n) is 5.27. The zero-order chi connectivity index (χ0) is 32.0. The maximum absolute atomic E-state index is 15.3. The molecular weight excluding hydrogens is 568 g/mol. The quantitative estimate of drug-likeness (QED) is 0.241. The summed E-state index contributed by atoms with van der Waals surface area (Å²) >= 11 is 0. The van der Waals surface area contributed by atoms with Gasteiger partial charge in [0.05, 0.1) is 18.9 Å². The Balaban J connectivity index is 1.60. The van der Waals surface area contributed by atoms with E-state index >= 15 is 4.39 Å². The number of likely N-dealkylation sites (tertiary alicyclic amines) is 1. The number of benzene rings is 2. The third kappa shape index (κ3) is 7.39. The molecule has 1 aliphatic rings. The number of halogens is 2. The summed E-state index contributed by atoms with van der Waals surface area (Å²) in [5.41, 5.74) is 1.03. The number of rotatable bonds is 10. The van der Waals surface area contributed by atoms with Gasteiger partial charge in [-0.15, -0.1) is 0 Å². The Kier molecular flexibility index (Phi) is 9.97. The molecule has 0 spiro atoms. The van der Waals surface area contributed by atoms with Gasteiger partial charge in [-0.3, -0.25) is 14.4 Å². The molecule has 1 aliphatic heterocycles. The van der Waals surface area contributed by atoms with Crippen LogP contribution in [0.4, 0.5) is 14.6 Å². The van der Waals surface area contributed by atoms with Crippen molar-refractivity contribution < 1.29 is 27.9 Å². The second kappa shape index (κ2) is 13.7. The topological polar surface area (TPSA) is 116 Å². The van der Waals surface area contributed by atoms with Crippen LogP contribution in [0, 0.1) is 11.6 Å². The highest BCUT2D eigenvalue weighted by Gasteiger charge is 2.36. The molecule has 0 atom stereocenters. The molecule has 1 fully saturated rings. The summed E-state index contributed by atoms with van der Waals surface area (Å²) in [6, 6.07) is 6.44. The lowest BCUT2D eigenvalue weighted by molar-refractivity contribution is -0.114. The minimum absolute atomic E-state index is 0.0175. The number of hydrogen-bond acceptors (Lipinski definition) is 5. The number of imidazole rings is 1. The average molecular weight is 606 g/mol. The highest BCUT2D eigenvalue weighted by atomic mass is 19.1. The van der Waals surface area contributed by atoms with Gasteiger partial charge in [-0.2, -0.15) is 0 Å². The van der Waals surface area contributed by atoms with Gasteiger partial charge in [0.25, 0.3) is 11.8 Å². The molecule has 2 aromatic carbocycles. The van der Waals surface area contributed by atoms with E-state index in [4.69, 9.17) is 4.74 Å². The summed E-state index contributed by atoms with van der Waals surface area (Å²) in [4.78, 5) is 47.1. The van der Waals surface area contributed by atoms with Crippen LogP contribution < -0.4 is 15.4 Å². The molecular formula is C33H37F2N5O4. The van der Waals surface area contributed by atoms with E-state index in [-0.39, 0.29) is 40.8 Å². The van der Waals surface area contributed by atoms with Crippen LogP contribution in [0.5, 0.6) is 5.75 Å². The smallest absolute Gasteiger partial charge is 0.255 e. The number of aromatic nitrogens is 2. The molecule has 3 N–H and O–H groups in total. The predicted molar refractivity (Wildman–Crippen MR) is 165 cm³/mol. The van der Waals surface area contributed by atoms with Gasteiger partial charge < -0.3 is 25.3 Å². The minimum Gasteiger partial charge on any atom is -0.496 e. The standard InChI is InChI=1S/C33H37F2N5O4/c1-6-8-21(9-12-29-36-19-30(39-29)38-20(2)41)25-16-26(28(44-5)17-27(25)35)31(42)37-18-22-15-23(34)10-11-24(22)32(43)40-14-7-13-33(40,3)4/h8-12,15-17,19H,6-7,13-14,18H2,1-5H3,(H,36,39)(H,37,42)(H,38,41)/b12-9-,21-8-. The van der Waals surface area contributed by atoms with Gasteiger partial charge in [0, 0.05) is 42.7 Å². The second-order valence-corrected chi connectivity index (χ2v) is 11.2. The van der Waals surface area contributed by atoms with E-state index in [1.54, 1.807) is 23.1 Å². The molecule has 11 heteroatoms. The van der Waals surface area contributed by atoms with E-state index in [9.17, 15) is 18.8 Å². The SMILES string of the molecule is CC/C=C(/C=C\c1ncc(NC(C)=O)[nH]1)c1cc(C(=O)NCc2cc(F)ccc2C(=O)N2CCCC2(C)C)c(OC)cc1F. The Morgan fingerprint density at radius 1 is 1.14 bits per heavy atom. The van der Waals surface area contributed by atoms with Crippen LogP contribution in [-0.4, -0.2) is 51.8 Å². The Morgan fingerprint density at radius 3 is 2.57 bits per heavy atom. The number of methoxy groups -OCH3 is 1. The lowest BCUT2D eigenvalue weighted by Crippen LogP contribution is -2.43. The first-order chi connectivity index (χ1) is 20.9. The van der Waals surface area contributed by atoms with Crippen molar-refractivity contribution in [3.63, 3.8) is 0 Å². The van der Waals surface area contributed by atoms with Gasteiger partial charge in [-0.25, -0.2) is 13.8 Å². The summed E-state index contributed by atoms with van der Waals surface area (Å²) in [6.07, 6.45) is 8.85. The summed E-state index contributed by atoms with van der Waals surface area (Å²) in [5, 5.41) is 5.35. The van der Waals surface area contributed by atoms with Crippen molar-refractivity contribution in [1.29, 1.82) is 0 Å². The van der Waals surface area contributed by atoms with Gasteiger partial charge in [0.15, 0.2) is 0 Å². The number of carbonyl (C=O) groups is 3. The number of anilines is 1. The van der Waals surface area contributed by atoms with Crippen molar-refractivity contribution in [2.45, 2.75) is 59.0 Å². The monoisotopic (exact) mass is 605 g/mol. The van der Waals surface area contributed by atoms with Crippen LogP contribution in [0.25, 0.3) is 11.6 Å². The number of hydrogen-bond donors (Lipinski definition) is 3. The number of aromatic amines is 1. The molecule has 1 saturated heterocycles. The fourth-order valence-corrected chi connectivity index (χ4v) is 5.27. The number of amides is 3. The Hall–Kier alpha value is -4.80. The van der Waals surface area contributed by atoms with Gasteiger partial charge >= 0.3 is 0 Å². The molecule has 4 rings (SSSR count). The van der Waals surface area contributed by atoms with E-state index in [2.05, 4.69) is 20.6 Å². The molecule has 3 aromatic rings. The Morgan fingerprint density at radius 2 is 1.91 bits per heavy atom. The highest BCUT2D eigenvalue weighted by molar-refractivity contribution is 5.99. The van der Waals surface area contributed by atoms with Gasteiger partial charge in [0.1, 0.15) is 29.0 Å². The summed E-state index contributed by atoms with van der Waals surface area (Å²) in [5.74, 6) is -1.33. The third-order valence-corrected chi connectivity index (χ3v) is 7.48. The summed E-state index contributed by atoms with van der Waals surface area (Å²) in [6.45, 7) is 7.73. The lowest BCUT2D eigenvalue weighted by Gasteiger charge is -2.32. The molecule has 0 radical (unpaired) electrons. The summed E-state index contributed by atoms with van der Waals surface area (Å²) < 4.78 is 34.9. The largest absolute Gasteiger partial charge is 0.496 e. The molecule has 0 aliphatic carbocycles. The number of nitrogens with one attached hydrogen (secondary N) is 3. The lowest BCUT2D eigenvalue weighted by atomic mass is 9.99. The first-order valence-corrected chi connectivity index (χ1v) is 14.4. The maximum Gasteiger partial charge on any atom is 0.255 e. The van der Waals surface area contributed by atoms with E-state index in [0.29, 0.717) is 41.3 Å². The van der Waals surface area contributed by atoms with E-state index in [1.807, 2.05) is 20.8 Å². The van der Waals surface area contributed by atoms with Gasteiger partial charge in [-0.1, -0.05) is 19.1 Å². The van der Waals surface area contributed by atoms with E-state index < -0.39 is 17.5 Å². The average Bonchev–Trinajstić information content (AvgIpc) is 3.57. The predicted octanol–water partition coefficient (Wildman–Crippen LogP) is 6.11. The maximum atomic E-state index is 15.3. The number of H-pyrrole nitrogens is 1. The zero-order valence-corrected chi connectivity index (χ0v) is 25.5. The second-order valence-electron chi connectivity index (χ2n) is 11.2. The number of nitrogens with zero attached hydrogens (tertiary/aromatic N) is 2. The number of carbonyl (C=O) groups excluding carboxylic acids is 3. The number of allylic oxidation sites excluding steroid dienone is 3. The molecule has 0 bridgehead atoms. The van der Waals surface area contributed by atoms with Crippen molar-refractivity contribution >= 4 is 35.2 Å². The van der Waals surface area contributed by atoms with Crippen LogP contribution in [0.15, 0.2) is 48.7 Å². The molecule has 232 valence electrons. The van der Waals surface area contributed by atoms with Crippen molar-refractivity contribution in [2.24, 2.45) is 0 Å². The molecule has 3 amide bonds. The molecule has 0 saturated carbocycles. The van der Waals surface area contributed by atoms with Crippen molar-refractivity contribution in [2.75, 3.05) is 19.0 Å². The molecule has 2 heterocycles. The minimum atomic E-state index is -0.604. The van der Waals surface area contributed by atoms with Crippen LogP contribution in [0.1, 0.15) is 84.6 Å². The molecule has 44 heavy (non-hydrogen) atoms. The van der Waals surface area contributed by atoms with Crippen LogP contribution in [0.3, 0.4) is 0 Å². The molecule has 0 unspecified atom stereocenters.